The van der Waals surface area contributed by atoms with Crippen LogP contribution >= 0.6 is 0 Å². The molecule has 0 amide bonds. The molecule has 2 N–H and O–H groups in total. The van der Waals surface area contributed by atoms with Gasteiger partial charge in [0.05, 0.1) is 19.9 Å². The van der Waals surface area contributed by atoms with E-state index in [2.05, 4.69) is 46.7 Å². The molecule has 1 aromatic heterocycles. The Morgan fingerprint density at radius 3 is 2.38 bits per heavy atom. The van der Waals surface area contributed by atoms with E-state index in [1.54, 1.807) is 14.2 Å². The van der Waals surface area contributed by atoms with Gasteiger partial charge in [0.1, 0.15) is 17.3 Å². The Morgan fingerprint density at radius 2 is 1.84 bits per heavy atom. The van der Waals surface area contributed by atoms with Gasteiger partial charge in [0.2, 0.25) is 0 Å². The summed E-state index contributed by atoms with van der Waals surface area (Å²) in [7, 11) is 3.37. The maximum atomic E-state index is 5.42. The number of rotatable bonds is 8. The SMILES string of the molecule is CCNC(=NCC(C)c1c(C)noc1C)NC1CCN(c2cc(OC)cc(OC)c2)CC1. The number of guanidine groups is 1. The van der Waals surface area contributed by atoms with Crippen molar-refractivity contribution in [3.63, 3.8) is 0 Å². The molecule has 1 fully saturated rings. The first-order valence-electron chi connectivity index (χ1n) is 11.4. The lowest BCUT2D eigenvalue weighted by molar-refractivity contribution is 0.391. The number of hydrogen-bond acceptors (Lipinski definition) is 6. The lowest BCUT2D eigenvalue weighted by Crippen LogP contribution is -2.48. The maximum Gasteiger partial charge on any atom is 0.191 e. The molecular weight excluding hydrogens is 406 g/mol. The summed E-state index contributed by atoms with van der Waals surface area (Å²) in [4.78, 5) is 7.23. The molecule has 1 aliphatic heterocycles. The summed E-state index contributed by atoms with van der Waals surface area (Å²) in [6.45, 7) is 11.6. The second-order valence-electron chi connectivity index (χ2n) is 8.34. The molecule has 1 aromatic carbocycles. The molecule has 0 radical (unpaired) electrons. The van der Waals surface area contributed by atoms with Crippen molar-refractivity contribution >= 4 is 11.6 Å². The zero-order chi connectivity index (χ0) is 23.1. The van der Waals surface area contributed by atoms with Crippen molar-refractivity contribution in [2.24, 2.45) is 4.99 Å². The van der Waals surface area contributed by atoms with Crippen molar-refractivity contribution in [1.29, 1.82) is 0 Å². The van der Waals surface area contributed by atoms with Crippen LogP contribution in [0, 0.1) is 13.8 Å². The minimum atomic E-state index is 0.251. The number of nitrogens with one attached hydrogen (secondary N) is 2. The molecule has 1 unspecified atom stereocenters. The van der Waals surface area contributed by atoms with Crippen LogP contribution in [0.5, 0.6) is 11.5 Å². The number of methoxy groups -OCH3 is 2. The summed E-state index contributed by atoms with van der Waals surface area (Å²) in [5.74, 6) is 3.63. The van der Waals surface area contributed by atoms with Gasteiger partial charge in [-0.1, -0.05) is 12.1 Å². The van der Waals surface area contributed by atoms with E-state index in [-0.39, 0.29) is 5.92 Å². The van der Waals surface area contributed by atoms with Crippen molar-refractivity contribution < 1.29 is 14.0 Å². The highest BCUT2D eigenvalue weighted by Crippen LogP contribution is 2.30. The average molecular weight is 444 g/mol. The van der Waals surface area contributed by atoms with Crippen LogP contribution in [-0.4, -0.2) is 57.6 Å². The number of ether oxygens (including phenoxy) is 2. The van der Waals surface area contributed by atoms with Gasteiger partial charge in [-0.15, -0.1) is 0 Å². The molecule has 1 atom stereocenters. The Hall–Kier alpha value is -2.90. The molecule has 1 aliphatic rings. The summed E-state index contributed by atoms with van der Waals surface area (Å²) in [6, 6.07) is 6.42. The lowest BCUT2D eigenvalue weighted by atomic mass is 10.00. The van der Waals surface area contributed by atoms with Crippen molar-refractivity contribution in [1.82, 2.24) is 15.8 Å². The van der Waals surface area contributed by atoms with Crippen LogP contribution in [-0.2, 0) is 0 Å². The first-order chi connectivity index (χ1) is 15.4. The number of aromatic nitrogens is 1. The molecule has 2 aromatic rings. The Balaban J connectivity index is 1.59. The Bertz CT molecular complexity index is 861. The molecule has 1 saturated heterocycles. The summed E-state index contributed by atoms with van der Waals surface area (Å²) >= 11 is 0. The predicted molar refractivity (Wildman–Crippen MR) is 128 cm³/mol. The highest BCUT2D eigenvalue weighted by molar-refractivity contribution is 5.80. The van der Waals surface area contributed by atoms with Gasteiger partial charge in [-0.05, 0) is 33.6 Å². The van der Waals surface area contributed by atoms with Crippen molar-refractivity contribution in [3.8, 4) is 11.5 Å². The summed E-state index contributed by atoms with van der Waals surface area (Å²) in [5, 5.41) is 11.1. The smallest absolute Gasteiger partial charge is 0.191 e. The van der Waals surface area contributed by atoms with Crippen LogP contribution in [0.1, 0.15) is 49.6 Å². The van der Waals surface area contributed by atoms with Crippen LogP contribution in [0.15, 0.2) is 27.7 Å². The van der Waals surface area contributed by atoms with Crippen molar-refractivity contribution in [2.45, 2.75) is 52.5 Å². The zero-order valence-corrected chi connectivity index (χ0v) is 20.2. The second-order valence-corrected chi connectivity index (χ2v) is 8.34. The quantitative estimate of drug-likeness (QED) is 0.476. The maximum absolute atomic E-state index is 5.42. The van der Waals surface area contributed by atoms with E-state index in [1.807, 2.05) is 19.9 Å². The van der Waals surface area contributed by atoms with Gasteiger partial charge in [-0.3, -0.25) is 4.99 Å². The Labute approximate surface area is 191 Å². The third kappa shape index (κ3) is 5.87. The fourth-order valence-electron chi connectivity index (χ4n) is 4.28. The van der Waals surface area contributed by atoms with Gasteiger partial charge >= 0.3 is 0 Å². The Morgan fingerprint density at radius 1 is 1.19 bits per heavy atom. The number of hydrogen-bond donors (Lipinski definition) is 2. The van der Waals surface area contributed by atoms with Crippen LogP contribution < -0.4 is 25.0 Å². The molecule has 2 heterocycles. The standard InChI is InChI=1S/C24H37N5O3/c1-7-25-24(26-15-16(2)23-17(3)28-32-18(23)4)27-19-8-10-29(11-9-19)20-12-21(30-5)14-22(13-20)31-6/h12-14,16,19H,7-11,15H2,1-6H3,(H2,25,26,27). The molecule has 32 heavy (non-hydrogen) atoms. The van der Waals surface area contributed by atoms with E-state index >= 15 is 0 Å². The van der Waals surface area contributed by atoms with Crippen LogP contribution in [0.25, 0.3) is 0 Å². The first kappa shape index (κ1) is 23.8. The highest BCUT2D eigenvalue weighted by atomic mass is 16.5. The van der Waals surface area contributed by atoms with Gasteiger partial charge in [0.25, 0.3) is 0 Å². The van der Waals surface area contributed by atoms with Crippen LogP contribution in [0.4, 0.5) is 5.69 Å². The molecule has 176 valence electrons. The number of aliphatic imine (C=N–C) groups is 1. The predicted octanol–water partition coefficient (Wildman–Crippen LogP) is 3.64. The van der Waals surface area contributed by atoms with E-state index in [4.69, 9.17) is 19.0 Å². The third-order valence-electron chi connectivity index (χ3n) is 5.99. The molecule has 0 spiro atoms. The molecule has 3 rings (SSSR count). The monoisotopic (exact) mass is 443 g/mol. The van der Waals surface area contributed by atoms with E-state index in [9.17, 15) is 0 Å². The summed E-state index contributed by atoms with van der Waals surface area (Å²) < 4.78 is 16.2. The van der Waals surface area contributed by atoms with E-state index in [0.29, 0.717) is 12.6 Å². The van der Waals surface area contributed by atoms with Crippen molar-refractivity contribution in [3.05, 3.63) is 35.2 Å². The van der Waals surface area contributed by atoms with Gasteiger partial charge in [-0.2, -0.15) is 0 Å². The summed E-state index contributed by atoms with van der Waals surface area (Å²) in [5.41, 5.74) is 3.24. The molecule has 8 heteroatoms. The molecule has 8 nitrogen and oxygen atoms in total. The normalized spacial score (nSPS) is 16.1. The van der Waals surface area contributed by atoms with E-state index in [0.717, 1.165) is 72.6 Å². The minimum Gasteiger partial charge on any atom is -0.497 e. The number of piperidine rings is 1. The minimum absolute atomic E-state index is 0.251. The number of anilines is 1. The summed E-state index contributed by atoms with van der Waals surface area (Å²) in [6.07, 6.45) is 2.06. The number of nitrogens with zero attached hydrogens (tertiary/aromatic N) is 3. The highest BCUT2D eigenvalue weighted by Gasteiger charge is 2.22. The lowest BCUT2D eigenvalue weighted by Gasteiger charge is -2.35. The van der Waals surface area contributed by atoms with Crippen molar-refractivity contribution in [2.75, 3.05) is 45.3 Å². The van der Waals surface area contributed by atoms with Gasteiger partial charge < -0.3 is 29.5 Å². The van der Waals surface area contributed by atoms with E-state index < -0.39 is 0 Å². The van der Waals surface area contributed by atoms with Crippen LogP contribution in [0.3, 0.4) is 0 Å². The van der Waals surface area contributed by atoms with E-state index in [1.165, 1.54) is 0 Å². The largest absolute Gasteiger partial charge is 0.497 e. The van der Waals surface area contributed by atoms with Crippen LogP contribution in [0.2, 0.25) is 0 Å². The number of benzene rings is 1. The second kappa shape index (κ2) is 11.1. The van der Waals surface area contributed by atoms with Gasteiger partial charge in [-0.25, -0.2) is 0 Å². The average Bonchev–Trinajstić information content (AvgIpc) is 3.15. The molecular formula is C24H37N5O3. The fraction of sp³-hybridized carbons (Fsp3) is 0.583. The van der Waals surface area contributed by atoms with Gasteiger partial charge in [0, 0.05) is 67.6 Å². The molecule has 0 saturated carbocycles. The fourth-order valence-corrected chi connectivity index (χ4v) is 4.28. The Kier molecular flexibility index (Phi) is 8.25. The molecule has 0 bridgehead atoms. The third-order valence-corrected chi connectivity index (χ3v) is 5.99. The van der Waals surface area contributed by atoms with Gasteiger partial charge in [0.15, 0.2) is 5.96 Å². The molecule has 0 aliphatic carbocycles. The number of aryl methyl sites for hydroxylation is 2. The first-order valence-corrected chi connectivity index (χ1v) is 11.4. The zero-order valence-electron chi connectivity index (χ0n) is 20.2. The topological polar surface area (TPSA) is 84.2 Å².